The minimum absolute atomic E-state index is 0.749. The van der Waals surface area contributed by atoms with Crippen LogP contribution in [0.2, 0.25) is 0 Å². The Morgan fingerprint density at radius 3 is 2.82 bits per heavy atom. The van der Waals surface area contributed by atoms with Gasteiger partial charge in [-0.25, -0.2) is 0 Å². The Bertz CT molecular complexity index is 177. The lowest BCUT2D eigenvalue weighted by molar-refractivity contribution is 0.0890. The Kier molecular flexibility index (Phi) is 7.82. The SMILES string of the molecule is CC(C)CCOCCN(C)C1CCCNCC1. The zero-order valence-corrected chi connectivity index (χ0v) is 11.9. The quantitative estimate of drug-likeness (QED) is 0.692. The molecule has 1 fully saturated rings. The number of likely N-dealkylation sites (N-methyl/N-ethyl adjacent to an activating group) is 1. The van der Waals surface area contributed by atoms with Gasteiger partial charge < -0.3 is 15.0 Å². The zero-order chi connectivity index (χ0) is 12.5. The number of rotatable bonds is 7. The van der Waals surface area contributed by atoms with E-state index in [0.29, 0.717) is 0 Å². The predicted molar refractivity (Wildman–Crippen MR) is 73.4 cm³/mol. The van der Waals surface area contributed by atoms with Gasteiger partial charge in [-0.1, -0.05) is 13.8 Å². The van der Waals surface area contributed by atoms with E-state index in [1.54, 1.807) is 0 Å². The monoisotopic (exact) mass is 242 g/mol. The number of nitrogens with zero attached hydrogens (tertiary/aromatic N) is 1. The van der Waals surface area contributed by atoms with Crippen LogP contribution >= 0.6 is 0 Å². The standard InChI is InChI=1S/C14H30N2O/c1-13(2)7-11-17-12-10-16(3)14-5-4-8-15-9-6-14/h13-15H,4-12H2,1-3H3. The molecule has 3 heteroatoms. The highest BCUT2D eigenvalue weighted by Gasteiger charge is 2.15. The fraction of sp³-hybridized carbons (Fsp3) is 1.00. The average molecular weight is 242 g/mol. The van der Waals surface area contributed by atoms with Crippen molar-refractivity contribution in [3.05, 3.63) is 0 Å². The van der Waals surface area contributed by atoms with Gasteiger partial charge in [0.05, 0.1) is 6.61 Å². The van der Waals surface area contributed by atoms with Crippen LogP contribution < -0.4 is 5.32 Å². The molecular weight excluding hydrogens is 212 g/mol. The summed E-state index contributed by atoms with van der Waals surface area (Å²) in [4.78, 5) is 2.47. The summed E-state index contributed by atoms with van der Waals surface area (Å²) in [7, 11) is 2.24. The molecule has 0 radical (unpaired) electrons. The maximum absolute atomic E-state index is 5.68. The van der Waals surface area contributed by atoms with E-state index in [0.717, 1.165) is 31.7 Å². The van der Waals surface area contributed by atoms with Gasteiger partial charge in [0.25, 0.3) is 0 Å². The Labute approximate surface area is 107 Å². The van der Waals surface area contributed by atoms with E-state index >= 15 is 0 Å². The number of hydrogen-bond donors (Lipinski definition) is 1. The van der Waals surface area contributed by atoms with Crippen LogP contribution in [-0.2, 0) is 4.74 Å². The molecule has 1 aliphatic heterocycles. The Balaban J connectivity index is 2.04. The molecule has 1 atom stereocenters. The van der Waals surface area contributed by atoms with Gasteiger partial charge in [0.2, 0.25) is 0 Å². The molecule has 0 aliphatic carbocycles. The number of hydrogen-bond acceptors (Lipinski definition) is 3. The molecule has 1 heterocycles. The maximum Gasteiger partial charge on any atom is 0.0593 e. The van der Waals surface area contributed by atoms with Gasteiger partial charge in [-0.05, 0) is 51.7 Å². The lowest BCUT2D eigenvalue weighted by Crippen LogP contribution is -2.35. The van der Waals surface area contributed by atoms with Crippen molar-refractivity contribution in [2.45, 2.75) is 45.6 Å². The summed E-state index contributed by atoms with van der Waals surface area (Å²) < 4.78 is 5.68. The summed E-state index contributed by atoms with van der Waals surface area (Å²) in [5, 5.41) is 3.46. The fourth-order valence-electron chi connectivity index (χ4n) is 2.25. The van der Waals surface area contributed by atoms with Crippen molar-refractivity contribution in [3.63, 3.8) is 0 Å². The fourth-order valence-corrected chi connectivity index (χ4v) is 2.25. The largest absolute Gasteiger partial charge is 0.380 e. The Morgan fingerprint density at radius 1 is 1.24 bits per heavy atom. The molecule has 0 amide bonds. The smallest absolute Gasteiger partial charge is 0.0593 e. The number of ether oxygens (including phenoxy) is 1. The summed E-state index contributed by atoms with van der Waals surface area (Å²) >= 11 is 0. The molecule has 1 N–H and O–H groups in total. The topological polar surface area (TPSA) is 24.5 Å². The maximum atomic E-state index is 5.68. The first-order chi connectivity index (χ1) is 8.20. The molecule has 0 aromatic carbocycles. The van der Waals surface area contributed by atoms with E-state index in [2.05, 4.69) is 31.1 Å². The molecule has 1 rings (SSSR count). The molecule has 0 spiro atoms. The third-order valence-corrected chi connectivity index (χ3v) is 3.60. The summed E-state index contributed by atoms with van der Waals surface area (Å²) in [6.07, 6.45) is 5.10. The molecule has 1 unspecified atom stereocenters. The zero-order valence-electron chi connectivity index (χ0n) is 11.9. The molecular formula is C14H30N2O. The second-order valence-electron chi connectivity index (χ2n) is 5.61. The predicted octanol–water partition coefficient (Wildman–Crippen LogP) is 2.12. The average Bonchev–Trinajstić information content (AvgIpc) is 2.56. The van der Waals surface area contributed by atoms with Crippen LogP contribution in [-0.4, -0.2) is 50.8 Å². The highest BCUT2D eigenvalue weighted by atomic mass is 16.5. The Hall–Kier alpha value is -0.120. The van der Waals surface area contributed by atoms with Gasteiger partial charge in [-0.15, -0.1) is 0 Å². The van der Waals surface area contributed by atoms with Crippen molar-refractivity contribution >= 4 is 0 Å². The summed E-state index contributed by atoms with van der Waals surface area (Å²) in [5.41, 5.74) is 0. The minimum atomic E-state index is 0.749. The molecule has 0 aromatic heterocycles. The summed E-state index contributed by atoms with van der Waals surface area (Å²) in [6.45, 7) is 9.72. The van der Waals surface area contributed by atoms with Crippen molar-refractivity contribution in [1.29, 1.82) is 0 Å². The van der Waals surface area contributed by atoms with Crippen LogP contribution in [0.5, 0.6) is 0 Å². The molecule has 0 aromatic rings. The molecule has 0 bridgehead atoms. The molecule has 0 saturated carbocycles. The van der Waals surface area contributed by atoms with Gasteiger partial charge in [-0.2, -0.15) is 0 Å². The first-order valence-electron chi connectivity index (χ1n) is 7.19. The van der Waals surface area contributed by atoms with Gasteiger partial charge in [0.1, 0.15) is 0 Å². The van der Waals surface area contributed by atoms with E-state index in [4.69, 9.17) is 4.74 Å². The lowest BCUT2D eigenvalue weighted by Gasteiger charge is -2.26. The third kappa shape index (κ3) is 7.02. The van der Waals surface area contributed by atoms with Gasteiger partial charge >= 0.3 is 0 Å². The third-order valence-electron chi connectivity index (χ3n) is 3.60. The van der Waals surface area contributed by atoms with Crippen molar-refractivity contribution < 1.29 is 4.74 Å². The van der Waals surface area contributed by atoms with Crippen LogP contribution in [0.25, 0.3) is 0 Å². The molecule has 1 aliphatic rings. The highest BCUT2D eigenvalue weighted by Crippen LogP contribution is 2.11. The normalized spacial score (nSPS) is 22.1. The van der Waals surface area contributed by atoms with Crippen LogP contribution in [0.4, 0.5) is 0 Å². The first kappa shape index (κ1) is 14.9. The van der Waals surface area contributed by atoms with Gasteiger partial charge in [-0.3, -0.25) is 0 Å². The van der Waals surface area contributed by atoms with Gasteiger partial charge in [0, 0.05) is 19.2 Å². The first-order valence-corrected chi connectivity index (χ1v) is 7.19. The Morgan fingerprint density at radius 2 is 2.06 bits per heavy atom. The molecule has 102 valence electrons. The van der Waals surface area contributed by atoms with Crippen LogP contribution in [0, 0.1) is 5.92 Å². The number of nitrogens with one attached hydrogen (secondary N) is 1. The van der Waals surface area contributed by atoms with Gasteiger partial charge in [0.15, 0.2) is 0 Å². The van der Waals surface area contributed by atoms with E-state index in [1.807, 2.05) is 0 Å². The van der Waals surface area contributed by atoms with E-state index in [1.165, 1.54) is 38.8 Å². The highest BCUT2D eigenvalue weighted by molar-refractivity contribution is 4.73. The summed E-state index contributed by atoms with van der Waals surface area (Å²) in [6, 6.07) is 0.749. The van der Waals surface area contributed by atoms with Crippen molar-refractivity contribution in [2.24, 2.45) is 5.92 Å². The molecule has 3 nitrogen and oxygen atoms in total. The van der Waals surface area contributed by atoms with E-state index in [-0.39, 0.29) is 0 Å². The van der Waals surface area contributed by atoms with Crippen LogP contribution in [0.1, 0.15) is 39.5 Å². The van der Waals surface area contributed by atoms with E-state index in [9.17, 15) is 0 Å². The van der Waals surface area contributed by atoms with Crippen LogP contribution in [0.3, 0.4) is 0 Å². The molecule has 17 heavy (non-hydrogen) atoms. The van der Waals surface area contributed by atoms with Crippen LogP contribution in [0.15, 0.2) is 0 Å². The lowest BCUT2D eigenvalue weighted by atomic mass is 10.1. The van der Waals surface area contributed by atoms with E-state index < -0.39 is 0 Å². The minimum Gasteiger partial charge on any atom is -0.380 e. The second kappa shape index (κ2) is 8.90. The van der Waals surface area contributed by atoms with Crippen molar-refractivity contribution in [2.75, 3.05) is 39.9 Å². The van der Waals surface area contributed by atoms with Crippen molar-refractivity contribution in [3.8, 4) is 0 Å². The summed E-state index contributed by atoms with van der Waals surface area (Å²) in [5.74, 6) is 0.751. The van der Waals surface area contributed by atoms with Crippen molar-refractivity contribution in [1.82, 2.24) is 10.2 Å². The second-order valence-corrected chi connectivity index (χ2v) is 5.61. The molecule has 1 saturated heterocycles.